The number of alkyl halides is 3. The van der Waals surface area contributed by atoms with Gasteiger partial charge in [0, 0.05) is 13.1 Å². The molecule has 0 aliphatic carbocycles. The standard InChI is InChI=1S/C13H15F3N2S.HI/c1-19-12(18-8-4-5-9-18)17-11-7-3-2-6-10(11)13(14,15)16;/h2-3,6-7H,4-5,8-9H2,1H3;1H. The van der Waals surface area contributed by atoms with Crippen molar-refractivity contribution >= 4 is 46.6 Å². The Hall–Kier alpha value is -0.440. The molecule has 2 rings (SSSR count). The van der Waals surface area contributed by atoms with Gasteiger partial charge in [-0.05, 0) is 31.2 Å². The lowest BCUT2D eigenvalue weighted by molar-refractivity contribution is -0.137. The number of halogens is 4. The molecule has 1 aromatic rings. The molecule has 7 heteroatoms. The fraction of sp³-hybridized carbons (Fsp3) is 0.462. The summed E-state index contributed by atoms with van der Waals surface area (Å²) in [6.07, 6.45) is -0.386. The van der Waals surface area contributed by atoms with E-state index in [1.807, 2.05) is 11.2 Å². The van der Waals surface area contributed by atoms with Crippen LogP contribution in [0.5, 0.6) is 0 Å². The zero-order chi connectivity index (χ0) is 13.9. The zero-order valence-corrected chi connectivity index (χ0v) is 14.1. The summed E-state index contributed by atoms with van der Waals surface area (Å²) in [5.74, 6) is 0. The van der Waals surface area contributed by atoms with Gasteiger partial charge in [0.2, 0.25) is 0 Å². The van der Waals surface area contributed by atoms with Crippen molar-refractivity contribution in [1.29, 1.82) is 0 Å². The highest BCUT2D eigenvalue weighted by Crippen LogP contribution is 2.36. The molecule has 1 aromatic carbocycles. The third kappa shape index (κ3) is 4.28. The van der Waals surface area contributed by atoms with Gasteiger partial charge in [0.05, 0.1) is 11.3 Å². The van der Waals surface area contributed by atoms with E-state index in [1.54, 1.807) is 6.07 Å². The van der Waals surface area contributed by atoms with Gasteiger partial charge in [0.1, 0.15) is 0 Å². The predicted octanol–water partition coefficient (Wildman–Crippen LogP) is 4.77. The average molecular weight is 416 g/mol. The fourth-order valence-electron chi connectivity index (χ4n) is 2.07. The van der Waals surface area contributed by atoms with Crippen molar-refractivity contribution in [2.24, 2.45) is 4.99 Å². The lowest BCUT2D eigenvalue weighted by Crippen LogP contribution is -2.24. The third-order valence-corrected chi connectivity index (χ3v) is 3.70. The van der Waals surface area contributed by atoms with Gasteiger partial charge in [-0.15, -0.1) is 24.0 Å². The van der Waals surface area contributed by atoms with Crippen LogP contribution in [-0.2, 0) is 6.18 Å². The molecule has 1 heterocycles. The molecule has 0 N–H and O–H groups in total. The molecular formula is C13H16F3IN2S. The third-order valence-electron chi connectivity index (χ3n) is 2.98. The topological polar surface area (TPSA) is 15.6 Å². The summed E-state index contributed by atoms with van der Waals surface area (Å²) < 4.78 is 38.7. The van der Waals surface area contributed by atoms with Crippen LogP contribution in [-0.4, -0.2) is 29.4 Å². The Labute approximate surface area is 137 Å². The first kappa shape index (κ1) is 17.6. The molecule has 0 saturated carbocycles. The number of hydrogen-bond acceptors (Lipinski definition) is 2. The minimum absolute atomic E-state index is 0. The van der Waals surface area contributed by atoms with Crippen LogP contribution in [0.4, 0.5) is 18.9 Å². The lowest BCUT2D eigenvalue weighted by Gasteiger charge is -2.19. The van der Waals surface area contributed by atoms with Crippen molar-refractivity contribution < 1.29 is 13.2 Å². The second-order valence-electron chi connectivity index (χ2n) is 4.31. The van der Waals surface area contributed by atoms with Gasteiger partial charge >= 0.3 is 6.18 Å². The van der Waals surface area contributed by atoms with Gasteiger partial charge < -0.3 is 4.90 Å². The number of aliphatic imine (C=N–C) groups is 1. The van der Waals surface area contributed by atoms with Crippen LogP contribution in [0.2, 0.25) is 0 Å². The number of thioether (sulfide) groups is 1. The van der Waals surface area contributed by atoms with Crippen LogP contribution >= 0.6 is 35.7 Å². The lowest BCUT2D eigenvalue weighted by atomic mass is 10.2. The van der Waals surface area contributed by atoms with Gasteiger partial charge in [0.15, 0.2) is 5.17 Å². The largest absolute Gasteiger partial charge is 0.418 e. The van der Waals surface area contributed by atoms with Crippen LogP contribution in [0.3, 0.4) is 0 Å². The molecule has 0 atom stereocenters. The van der Waals surface area contributed by atoms with E-state index in [2.05, 4.69) is 4.99 Å². The molecule has 1 fully saturated rings. The van der Waals surface area contributed by atoms with Gasteiger partial charge in [-0.2, -0.15) is 13.2 Å². The van der Waals surface area contributed by atoms with E-state index < -0.39 is 11.7 Å². The van der Waals surface area contributed by atoms with Crippen molar-refractivity contribution in [2.45, 2.75) is 19.0 Å². The molecule has 0 spiro atoms. The maximum absolute atomic E-state index is 12.9. The van der Waals surface area contributed by atoms with Crippen molar-refractivity contribution in [2.75, 3.05) is 19.3 Å². The number of nitrogens with zero attached hydrogens (tertiary/aromatic N) is 2. The monoisotopic (exact) mass is 416 g/mol. The summed E-state index contributed by atoms with van der Waals surface area (Å²) in [5.41, 5.74) is -0.688. The minimum Gasteiger partial charge on any atom is -0.351 e. The fourth-order valence-corrected chi connectivity index (χ4v) is 2.70. The van der Waals surface area contributed by atoms with E-state index >= 15 is 0 Å². The van der Waals surface area contributed by atoms with E-state index in [0.29, 0.717) is 5.17 Å². The van der Waals surface area contributed by atoms with Gasteiger partial charge in [0.25, 0.3) is 0 Å². The van der Waals surface area contributed by atoms with Crippen molar-refractivity contribution in [3.63, 3.8) is 0 Å². The molecule has 1 aliphatic rings. The molecule has 1 aliphatic heterocycles. The zero-order valence-electron chi connectivity index (χ0n) is 11.0. The molecule has 1 saturated heterocycles. The van der Waals surface area contributed by atoms with Crippen molar-refractivity contribution in [1.82, 2.24) is 4.90 Å². The number of likely N-dealkylation sites (tertiary alicyclic amines) is 1. The summed E-state index contributed by atoms with van der Waals surface area (Å²) in [4.78, 5) is 6.25. The number of para-hydroxylation sites is 1. The molecule has 112 valence electrons. The molecular weight excluding hydrogens is 400 g/mol. The smallest absolute Gasteiger partial charge is 0.351 e. The highest BCUT2D eigenvalue weighted by molar-refractivity contribution is 14.0. The number of benzene rings is 1. The Morgan fingerprint density at radius 3 is 2.35 bits per heavy atom. The first-order valence-corrected chi connectivity index (χ1v) is 7.28. The first-order valence-electron chi connectivity index (χ1n) is 6.06. The molecule has 20 heavy (non-hydrogen) atoms. The summed E-state index contributed by atoms with van der Waals surface area (Å²) in [6, 6.07) is 5.45. The Kier molecular flexibility index (Phi) is 6.63. The van der Waals surface area contributed by atoms with Gasteiger partial charge in [-0.25, -0.2) is 4.99 Å². The maximum Gasteiger partial charge on any atom is 0.418 e. The van der Waals surface area contributed by atoms with E-state index in [4.69, 9.17) is 0 Å². The van der Waals surface area contributed by atoms with Gasteiger partial charge in [-0.3, -0.25) is 0 Å². The molecule has 0 radical (unpaired) electrons. The SMILES string of the molecule is CSC(=Nc1ccccc1C(F)(F)F)N1CCCC1.I. The highest BCUT2D eigenvalue weighted by atomic mass is 127. The number of rotatable bonds is 1. The number of amidine groups is 1. The molecule has 0 bridgehead atoms. The van der Waals surface area contributed by atoms with E-state index in [9.17, 15) is 13.2 Å². The van der Waals surface area contributed by atoms with Crippen molar-refractivity contribution in [3.8, 4) is 0 Å². The van der Waals surface area contributed by atoms with Crippen LogP contribution in [0.1, 0.15) is 18.4 Å². The summed E-state index contributed by atoms with van der Waals surface area (Å²) >= 11 is 1.39. The van der Waals surface area contributed by atoms with Gasteiger partial charge in [-0.1, -0.05) is 23.9 Å². The highest BCUT2D eigenvalue weighted by Gasteiger charge is 2.33. The minimum atomic E-state index is -4.37. The van der Waals surface area contributed by atoms with Crippen molar-refractivity contribution in [3.05, 3.63) is 29.8 Å². The molecule has 2 nitrogen and oxygen atoms in total. The summed E-state index contributed by atoms with van der Waals surface area (Å²) in [6.45, 7) is 1.74. The average Bonchev–Trinajstić information content (AvgIpc) is 2.89. The Balaban J connectivity index is 0.00000200. The Bertz CT molecular complexity index is 471. The Morgan fingerprint density at radius 2 is 1.80 bits per heavy atom. The normalized spacial score (nSPS) is 16.2. The maximum atomic E-state index is 12.9. The molecule has 0 amide bonds. The molecule has 0 aromatic heterocycles. The molecule has 0 unspecified atom stereocenters. The predicted molar refractivity (Wildman–Crippen MR) is 88.3 cm³/mol. The summed E-state index contributed by atoms with van der Waals surface area (Å²) in [5, 5.41) is 0.661. The summed E-state index contributed by atoms with van der Waals surface area (Å²) in [7, 11) is 0. The second-order valence-corrected chi connectivity index (χ2v) is 5.08. The first-order chi connectivity index (χ1) is 9.02. The second kappa shape index (κ2) is 7.53. The number of hydrogen-bond donors (Lipinski definition) is 0. The van der Waals surface area contributed by atoms with Crippen LogP contribution in [0.15, 0.2) is 29.3 Å². The quantitative estimate of drug-likeness (QED) is 0.373. The van der Waals surface area contributed by atoms with E-state index in [1.165, 1.54) is 23.9 Å². The Morgan fingerprint density at radius 1 is 1.20 bits per heavy atom. The van der Waals surface area contributed by atoms with E-state index in [0.717, 1.165) is 32.0 Å². The van der Waals surface area contributed by atoms with E-state index in [-0.39, 0.29) is 29.7 Å². The van der Waals surface area contributed by atoms with Crippen LogP contribution in [0.25, 0.3) is 0 Å². The van der Waals surface area contributed by atoms with Crippen LogP contribution in [0, 0.1) is 0 Å². The van der Waals surface area contributed by atoms with Crippen LogP contribution < -0.4 is 0 Å².